The highest BCUT2D eigenvalue weighted by molar-refractivity contribution is 7.53. The van der Waals surface area contributed by atoms with Gasteiger partial charge in [-0.3, -0.25) is 14.3 Å². The number of amides is 1. The summed E-state index contributed by atoms with van der Waals surface area (Å²) in [6.45, 7) is 4.04. The molecule has 3 aromatic rings. The number of methoxy groups -OCH3 is 1. The van der Waals surface area contributed by atoms with Gasteiger partial charge in [0.1, 0.15) is 0 Å². The lowest BCUT2D eigenvalue weighted by Gasteiger charge is -2.24. The molecule has 178 valence electrons. The van der Waals surface area contributed by atoms with Gasteiger partial charge in [0.05, 0.1) is 32.0 Å². The molecule has 0 aromatic heterocycles. The molecule has 0 atom stereocenters. The lowest BCUT2D eigenvalue weighted by molar-refractivity contribution is 0.0600. The van der Waals surface area contributed by atoms with E-state index in [1.165, 1.54) is 7.11 Å². The normalized spacial score (nSPS) is 11.1. The SMILES string of the molecule is CCOP(=O)(Cc1cccc(C(=O)N(c2ccccc2)c2ccc(C(=O)OC)cc2)c1)OCC. The van der Waals surface area contributed by atoms with E-state index in [0.29, 0.717) is 28.1 Å². The van der Waals surface area contributed by atoms with Crippen LogP contribution >= 0.6 is 7.60 Å². The average molecular weight is 481 g/mol. The van der Waals surface area contributed by atoms with Crippen molar-refractivity contribution in [1.82, 2.24) is 0 Å². The van der Waals surface area contributed by atoms with Crippen molar-refractivity contribution >= 4 is 30.8 Å². The molecule has 0 saturated heterocycles. The van der Waals surface area contributed by atoms with E-state index in [1.807, 2.05) is 30.3 Å². The number of anilines is 2. The third-order valence-corrected chi connectivity index (χ3v) is 7.02. The average Bonchev–Trinajstić information content (AvgIpc) is 2.85. The van der Waals surface area contributed by atoms with Crippen LogP contribution in [0, 0.1) is 0 Å². The Morgan fingerprint density at radius 2 is 1.41 bits per heavy atom. The summed E-state index contributed by atoms with van der Waals surface area (Å²) < 4.78 is 28.5. The number of hydrogen-bond acceptors (Lipinski definition) is 6. The molecular formula is C26H28NO6P. The Morgan fingerprint density at radius 1 is 0.794 bits per heavy atom. The van der Waals surface area contributed by atoms with Crippen LogP contribution in [-0.4, -0.2) is 32.2 Å². The number of carbonyl (C=O) groups is 2. The molecule has 0 radical (unpaired) electrons. The first-order valence-corrected chi connectivity index (χ1v) is 12.7. The van der Waals surface area contributed by atoms with Crippen molar-refractivity contribution in [1.29, 1.82) is 0 Å². The molecule has 0 aliphatic carbocycles. The van der Waals surface area contributed by atoms with Crippen molar-refractivity contribution < 1.29 is 27.9 Å². The van der Waals surface area contributed by atoms with E-state index in [2.05, 4.69) is 0 Å². The third kappa shape index (κ3) is 6.20. The topological polar surface area (TPSA) is 82.1 Å². The Hall–Kier alpha value is -3.25. The number of rotatable bonds is 10. The van der Waals surface area contributed by atoms with E-state index >= 15 is 0 Å². The number of hydrogen-bond donors (Lipinski definition) is 0. The highest BCUT2D eigenvalue weighted by Gasteiger charge is 2.26. The van der Waals surface area contributed by atoms with Crippen LogP contribution in [0.2, 0.25) is 0 Å². The van der Waals surface area contributed by atoms with Gasteiger partial charge in [0, 0.05) is 16.9 Å². The summed E-state index contributed by atoms with van der Waals surface area (Å²) in [6.07, 6.45) is 0.0644. The summed E-state index contributed by atoms with van der Waals surface area (Å²) in [5.41, 5.74) is 2.72. The van der Waals surface area contributed by atoms with E-state index in [9.17, 15) is 14.2 Å². The molecule has 0 aliphatic heterocycles. The molecule has 34 heavy (non-hydrogen) atoms. The maximum absolute atomic E-state index is 13.7. The summed E-state index contributed by atoms with van der Waals surface area (Å²) in [5, 5.41) is 0. The highest BCUT2D eigenvalue weighted by Crippen LogP contribution is 2.51. The Balaban J connectivity index is 1.97. The summed E-state index contributed by atoms with van der Waals surface area (Å²) >= 11 is 0. The molecule has 0 N–H and O–H groups in total. The molecule has 0 bridgehead atoms. The molecule has 0 spiro atoms. The smallest absolute Gasteiger partial charge is 0.337 e. The van der Waals surface area contributed by atoms with Crippen molar-refractivity contribution in [2.24, 2.45) is 0 Å². The van der Waals surface area contributed by atoms with Gasteiger partial charge in [-0.05, 0) is 67.9 Å². The number of benzene rings is 3. The first-order valence-electron chi connectivity index (χ1n) is 11.0. The van der Waals surface area contributed by atoms with E-state index in [4.69, 9.17) is 13.8 Å². The van der Waals surface area contributed by atoms with Crippen molar-refractivity contribution in [2.75, 3.05) is 25.2 Å². The Kier molecular flexibility index (Phi) is 8.77. The molecule has 0 saturated carbocycles. The molecule has 7 nitrogen and oxygen atoms in total. The van der Waals surface area contributed by atoms with Gasteiger partial charge < -0.3 is 13.8 Å². The zero-order valence-corrected chi connectivity index (χ0v) is 20.4. The van der Waals surface area contributed by atoms with Crippen LogP contribution in [0.5, 0.6) is 0 Å². The number of carbonyl (C=O) groups excluding carboxylic acids is 2. The number of esters is 1. The summed E-state index contributed by atoms with van der Waals surface area (Å²) in [6, 6.07) is 22.8. The molecule has 0 fully saturated rings. The molecule has 1 amide bonds. The molecular weight excluding hydrogens is 453 g/mol. The molecule has 0 unspecified atom stereocenters. The minimum atomic E-state index is -3.32. The van der Waals surface area contributed by atoms with Crippen LogP contribution in [0.15, 0.2) is 78.9 Å². The van der Waals surface area contributed by atoms with Crippen LogP contribution in [0.25, 0.3) is 0 Å². The van der Waals surface area contributed by atoms with Crippen LogP contribution in [0.1, 0.15) is 40.1 Å². The number of nitrogens with zero attached hydrogens (tertiary/aromatic N) is 1. The van der Waals surface area contributed by atoms with Gasteiger partial charge in [-0.1, -0.05) is 30.3 Å². The zero-order chi connectivity index (χ0) is 24.6. The first kappa shape index (κ1) is 25.4. The minimum absolute atomic E-state index is 0.0644. The van der Waals surface area contributed by atoms with Gasteiger partial charge in [0.2, 0.25) is 0 Å². The fourth-order valence-electron chi connectivity index (χ4n) is 3.50. The van der Waals surface area contributed by atoms with Gasteiger partial charge in [-0.25, -0.2) is 4.79 Å². The first-order chi connectivity index (χ1) is 16.4. The second-order valence-electron chi connectivity index (χ2n) is 7.32. The Bertz CT molecular complexity index is 1150. The molecule has 0 heterocycles. The van der Waals surface area contributed by atoms with E-state index < -0.39 is 13.6 Å². The van der Waals surface area contributed by atoms with Crippen molar-refractivity contribution in [3.05, 3.63) is 95.6 Å². The summed E-state index contributed by atoms with van der Waals surface area (Å²) in [7, 11) is -2.00. The second-order valence-corrected chi connectivity index (χ2v) is 9.37. The molecule has 0 aliphatic rings. The lowest BCUT2D eigenvalue weighted by Crippen LogP contribution is -2.26. The highest BCUT2D eigenvalue weighted by atomic mass is 31.2. The number of ether oxygens (including phenoxy) is 1. The largest absolute Gasteiger partial charge is 0.465 e. The van der Waals surface area contributed by atoms with Gasteiger partial charge in [0.15, 0.2) is 0 Å². The van der Waals surface area contributed by atoms with Crippen LogP contribution < -0.4 is 4.90 Å². The predicted octanol–water partition coefficient (Wildman–Crippen LogP) is 6.22. The zero-order valence-electron chi connectivity index (χ0n) is 19.5. The lowest BCUT2D eigenvalue weighted by atomic mass is 10.1. The van der Waals surface area contributed by atoms with Gasteiger partial charge in [-0.15, -0.1) is 0 Å². The standard InChI is InChI=1S/C26H28NO6P/c1-4-32-34(30,33-5-2)19-20-10-9-11-22(18-20)25(28)27(23-12-7-6-8-13-23)24-16-14-21(15-17-24)26(29)31-3/h6-18H,4-5,19H2,1-3H3. The monoisotopic (exact) mass is 481 g/mol. The minimum Gasteiger partial charge on any atom is -0.465 e. The van der Waals surface area contributed by atoms with Crippen molar-refractivity contribution in [3.63, 3.8) is 0 Å². The van der Waals surface area contributed by atoms with E-state index in [-0.39, 0.29) is 25.3 Å². The predicted molar refractivity (Wildman–Crippen MR) is 132 cm³/mol. The second kappa shape index (κ2) is 11.7. The van der Waals surface area contributed by atoms with E-state index in [0.717, 1.165) is 0 Å². The fraction of sp³-hybridized carbons (Fsp3) is 0.231. The number of para-hydroxylation sites is 1. The maximum Gasteiger partial charge on any atom is 0.337 e. The Morgan fingerprint density at radius 3 is 2.00 bits per heavy atom. The Labute approximate surface area is 199 Å². The fourth-order valence-corrected chi connectivity index (χ4v) is 5.19. The van der Waals surface area contributed by atoms with Crippen LogP contribution in [-0.2, 0) is 24.5 Å². The van der Waals surface area contributed by atoms with Crippen LogP contribution in [0.3, 0.4) is 0 Å². The van der Waals surface area contributed by atoms with Crippen molar-refractivity contribution in [3.8, 4) is 0 Å². The summed E-state index contributed by atoms with van der Waals surface area (Å²) in [4.78, 5) is 27.1. The molecule has 3 aromatic carbocycles. The maximum atomic E-state index is 13.7. The third-order valence-electron chi connectivity index (χ3n) is 4.97. The quantitative estimate of drug-likeness (QED) is 0.253. The summed E-state index contributed by atoms with van der Waals surface area (Å²) in [5.74, 6) is -0.730. The molecule has 3 rings (SSSR count). The van der Waals surface area contributed by atoms with E-state index in [1.54, 1.807) is 67.3 Å². The van der Waals surface area contributed by atoms with Gasteiger partial charge >= 0.3 is 13.6 Å². The van der Waals surface area contributed by atoms with Gasteiger partial charge in [-0.2, -0.15) is 0 Å². The molecule has 8 heteroatoms. The van der Waals surface area contributed by atoms with Crippen molar-refractivity contribution in [2.45, 2.75) is 20.0 Å². The van der Waals surface area contributed by atoms with Crippen LogP contribution in [0.4, 0.5) is 11.4 Å². The van der Waals surface area contributed by atoms with Gasteiger partial charge in [0.25, 0.3) is 5.91 Å².